The van der Waals surface area contributed by atoms with Crippen molar-refractivity contribution >= 4 is 0 Å². The number of fused-ring (bicyclic) bond motifs is 2. The van der Waals surface area contributed by atoms with Crippen LogP contribution in [0.15, 0.2) is 11.6 Å². The van der Waals surface area contributed by atoms with Crippen molar-refractivity contribution in [2.45, 2.75) is 44.6 Å². The smallest absolute Gasteiger partial charge is 0.0229 e. The molecule has 1 heteroatoms. The summed E-state index contributed by atoms with van der Waals surface area (Å²) in [7, 11) is 0. The van der Waals surface area contributed by atoms with Gasteiger partial charge in [0.1, 0.15) is 0 Å². The van der Waals surface area contributed by atoms with Gasteiger partial charge in [0.25, 0.3) is 0 Å². The van der Waals surface area contributed by atoms with Gasteiger partial charge in [0.15, 0.2) is 0 Å². The van der Waals surface area contributed by atoms with Crippen molar-refractivity contribution in [1.29, 1.82) is 0 Å². The van der Waals surface area contributed by atoms with Crippen molar-refractivity contribution in [3.05, 3.63) is 11.6 Å². The predicted molar refractivity (Wildman–Crippen MR) is 54.2 cm³/mol. The molecule has 0 spiro atoms. The van der Waals surface area contributed by atoms with Crippen molar-refractivity contribution < 1.29 is 0 Å². The van der Waals surface area contributed by atoms with Gasteiger partial charge in [-0.25, -0.2) is 0 Å². The highest BCUT2D eigenvalue weighted by Gasteiger charge is 2.41. The maximum atomic E-state index is 5.91. The highest BCUT2D eigenvalue weighted by Crippen LogP contribution is 2.52. The summed E-state index contributed by atoms with van der Waals surface area (Å²) in [5.74, 6) is 3.07. The molecule has 0 radical (unpaired) electrons. The van der Waals surface area contributed by atoms with E-state index in [2.05, 4.69) is 6.08 Å². The monoisotopic (exact) mass is 177 g/mol. The largest absolute Gasteiger partial charge is 0.324 e. The summed E-state index contributed by atoms with van der Waals surface area (Å²) in [6, 6.07) is 0.383. The van der Waals surface area contributed by atoms with E-state index in [0.717, 1.165) is 17.8 Å². The van der Waals surface area contributed by atoms with Crippen molar-refractivity contribution in [3.63, 3.8) is 0 Å². The lowest BCUT2D eigenvalue weighted by Gasteiger charge is -2.22. The summed E-state index contributed by atoms with van der Waals surface area (Å²) in [4.78, 5) is 0. The molecule has 4 unspecified atom stereocenters. The summed E-state index contributed by atoms with van der Waals surface area (Å²) in [6.07, 6.45) is 10.9. The van der Waals surface area contributed by atoms with Crippen molar-refractivity contribution in [3.8, 4) is 0 Å². The van der Waals surface area contributed by atoms with Crippen LogP contribution in [0, 0.1) is 17.8 Å². The maximum absolute atomic E-state index is 5.91. The standard InChI is InChI=1S/C12H19N/c13-11-4-3-10(7-11)12-6-8-1-2-9(12)5-8/h7-9,11-12H,1-6,13H2. The summed E-state index contributed by atoms with van der Waals surface area (Å²) in [6.45, 7) is 0. The lowest BCUT2D eigenvalue weighted by atomic mass is 9.83. The second-order valence-electron chi connectivity index (χ2n) is 5.23. The number of allylic oxidation sites excluding steroid dienone is 1. The van der Waals surface area contributed by atoms with Crippen LogP contribution in [0.4, 0.5) is 0 Å². The molecule has 2 fully saturated rings. The first-order chi connectivity index (χ1) is 6.33. The Labute approximate surface area is 80.4 Å². The van der Waals surface area contributed by atoms with E-state index in [9.17, 15) is 0 Å². The average molecular weight is 177 g/mol. The van der Waals surface area contributed by atoms with E-state index in [1.165, 1.54) is 38.5 Å². The van der Waals surface area contributed by atoms with Gasteiger partial charge in [-0.1, -0.05) is 18.1 Å². The van der Waals surface area contributed by atoms with Crippen LogP contribution in [0.5, 0.6) is 0 Å². The lowest BCUT2D eigenvalue weighted by molar-refractivity contribution is 0.373. The highest BCUT2D eigenvalue weighted by molar-refractivity contribution is 5.20. The number of hydrogen-bond donors (Lipinski definition) is 1. The molecule has 72 valence electrons. The Kier molecular flexibility index (Phi) is 1.76. The molecule has 0 heterocycles. The first-order valence-electron chi connectivity index (χ1n) is 5.79. The molecular weight excluding hydrogens is 158 g/mol. The molecule has 3 aliphatic rings. The number of nitrogens with two attached hydrogens (primary N) is 1. The van der Waals surface area contributed by atoms with Crippen LogP contribution in [0.3, 0.4) is 0 Å². The van der Waals surface area contributed by atoms with Crippen molar-refractivity contribution in [2.24, 2.45) is 23.5 Å². The van der Waals surface area contributed by atoms with Crippen molar-refractivity contribution in [2.75, 3.05) is 0 Å². The van der Waals surface area contributed by atoms with E-state index < -0.39 is 0 Å². The minimum absolute atomic E-state index is 0.383. The molecule has 0 aromatic rings. The Morgan fingerprint density at radius 2 is 2.08 bits per heavy atom. The van der Waals surface area contributed by atoms with Crippen LogP contribution >= 0.6 is 0 Å². The van der Waals surface area contributed by atoms with Gasteiger partial charge in [0.05, 0.1) is 0 Å². The van der Waals surface area contributed by atoms with Gasteiger partial charge in [0, 0.05) is 6.04 Å². The van der Waals surface area contributed by atoms with Gasteiger partial charge in [0.2, 0.25) is 0 Å². The van der Waals surface area contributed by atoms with E-state index in [-0.39, 0.29) is 0 Å². The Balaban J connectivity index is 1.76. The Bertz CT molecular complexity index is 244. The maximum Gasteiger partial charge on any atom is 0.0229 e. The van der Waals surface area contributed by atoms with E-state index >= 15 is 0 Å². The SMILES string of the molecule is NC1C=C(C2CC3CCC2C3)CC1. The molecular formula is C12H19N. The van der Waals surface area contributed by atoms with Crippen LogP contribution < -0.4 is 5.73 Å². The number of rotatable bonds is 1. The van der Waals surface area contributed by atoms with Crippen LogP contribution in [-0.4, -0.2) is 6.04 Å². The summed E-state index contributed by atoms with van der Waals surface area (Å²) in [5, 5.41) is 0. The van der Waals surface area contributed by atoms with Gasteiger partial charge < -0.3 is 5.73 Å². The second-order valence-corrected chi connectivity index (χ2v) is 5.23. The normalized spacial score (nSPS) is 48.5. The summed E-state index contributed by atoms with van der Waals surface area (Å²) in [5.41, 5.74) is 7.64. The van der Waals surface area contributed by atoms with Gasteiger partial charge in [-0.3, -0.25) is 0 Å². The van der Waals surface area contributed by atoms with Gasteiger partial charge in [-0.15, -0.1) is 0 Å². The zero-order valence-corrected chi connectivity index (χ0v) is 8.21. The zero-order valence-electron chi connectivity index (χ0n) is 8.21. The molecule has 2 bridgehead atoms. The van der Waals surface area contributed by atoms with Crippen LogP contribution in [0.25, 0.3) is 0 Å². The van der Waals surface area contributed by atoms with E-state index in [4.69, 9.17) is 5.73 Å². The minimum atomic E-state index is 0.383. The fraction of sp³-hybridized carbons (Fsp3) is 0.833. The molecule has 13 heavy (non-hydrogen) atoms. The Morgan fingerprint density at radius 1 is 1.15 bits per heavy atom. The van der Waals surface area contributed by atoms with E-state index in [1.54, 1.807) is 5.57 Å². The molecule has 1 nitrogen and oxygen atoms in total. The first-order valence-corrected chi connectivity index (χ1v) is 5.79. The Morgan fingerprint density at radius 3 is 2.62 bits per heavy atom. The molecule has 4 atom stereocenters. The molecule has 2 saturated carbocycles. The van der Waals surface area contributed by atoms with Gasteiger partial charge >= 0.3 is 0 Å². The van der Waals surface area contributed by atoms with Crippen LogP contribution in [0.1, 0.15) is 38.5 Å². The third kappa shape index (κ3) is 1.25. The molecule has 0 saturated heterocycles. The second kappa shape index (κ2) is 2.84. The summed E-state index contributed by atoms with van der Waals surface area (Å²) < 4.78 is 0. The zero-order chi connectivity index (χ0) is 8.84. The topological polar surface area (TPSA) is 26.0 Å². The summed E-state index contributed by atoms with van der Waals surface area (Å²) >= 11 is 0. The third-order valence-electron chi connectivity index (χ3n) is 4.41. The molecule has 0 amide bonds. The molecule has 0 aliphatic heterocycles. The molecule has 0 aromatic carbocycles. The average Bonchev–Trinajstić information content (AvgIpc) is 2.77. The quantitative estimate of drug-likeness (QED) is 0.612. The first kappa shape index (κ1) is 8.05. The fourth-order valence-corrected chi connectivity index (χ4v) is 3.78. The lowest BCUT2D eigenvalue weighted by Crippen LogP contribution is -2.13. The van der Waals surface area contributed by atoms with Crippen LogP contribution in [-0.2, 0) is 0 Å². The predicted octanol–water partition coefficient (Wildman–Crippen LogP) is 2.47. The number of hydrogen-bond acceptors (Lipinski definition) is 1. The van der Waals surface area contributed by atoms with Crippen LogP contribution in [0.2, 0.25) is 0 Å². The highest BCUT2D eigenvalue weighted by atomic mass is 14.6. The van der Waals surface area contributed by atoms with E-state index in [1.807, 2.05) is 0 Å². The molecule has 3 aliphatic carbocycles. The Hall–Kier alpha value is -0.300. The molecule has 2 N–H and O–H groups in total. The van der Waals surface area contributed by atoms with Gasteiger partial charge in [-0.2, -0.15) is 0 Å². The fourth-order valence-electron chi connectivity index (χ4n) is 3.78. The van der Waals surface area contributed by atoms with E-state index in [0.29, 0.717) is 6.04 Å². The third-order valence-corrected chi connectivity index (χ3v) is 4.41. The minimum Gasteiger partial charge on any atom is -0.324 e. The van der Waals surface area contributed by atoms with Crippen molar-refractivity contribution in [1.82, 2.24) is 0 Å². The molecule has 0 aromatic heterocycles. The van der Waals surface area contributed by atoms with Gasteiger partial charge in [-0.05, 0) is 49.9 Å². The molecule has 3 rings (SSSR count).